The molecule has 4 heteroatoms. The summed E-state index contributed by atoms with van der Waals surface area (Å²) < 4.78 is 0. The zero-order valence-electron chi connectivity index (χ0n) is 11.5. The van der Waals surface area contributed by atoms with Gasteiger partial charge in [-0.15, -0.1) is 0 Å². The van der Waals surface area contributed by atoms with Crippen LogP contribution in [-0.2, 0) is 0 Å². The summed E-state index contributed by atoms with van der Waals surface area (Å²) in [6.07, 6.45) is 0. The minimum absolute atomic E-state index is 0.137. The number of carbonyl (C=O) groups is 1. The average molecular weight is 289 g/mol. The third-order valence-corrected chi connectivity index (χ3v) is 3.70. The molecule has 2 aromatic rings. The first-order valence-electron chi connectivity index (χ1n) is 6.40. The van der Waals surface area contributed by atoms with Crippen LogP contribution in [-0.4, -0.2) is 5.91 Å². The van der Waals surface area contributed by atoms with Gasteiger partial charge in [0.25, 0.3) is 5.91 Å². The number of nitrogen functional groups attached to an aromatic ring is 1. The molecule has 0 spiro atoms. The normalized spacial score (nSPS) is 11.9. The van der Waals surface area contributed by atoms with Crippen LogP contribution >= 0.6 is 11.6 Å². The fourth-order valence-corrected chi connectivity index (χ4v) is 2.22. The number of anilines is 1. The minimum Gasteiger partial charge on any atom is -0.399 e. The zero-order valence-corrected chi connectivity index (χ0v) is 12.2. The third kappa shape index (κ3) is 3.11. The van der Waals surface area contributed by atoms with E-state index in [0.29, 0.717) is 16.3 Å². The summed E-state index contributed by atoms with van der Waals surface area (Å²) in [6, 6.07) is 12.7. The van der Waals surface area contributed by atoms with E-state index in [9.17, 15) is 4.79 Å². The number of benzene rings is 2. The van der Waals surface area contributed by atoms with E-state index in [1.54, 1.807) is 6.07 Å². The molecule has 1 atom stereocenters. The lowest BCUT2D eigenvalue weighted by Crippen LogP contribution is -2.27. The summed E-state index contributed by atoms with van der Waals surface area (Å²) in [5, 5.41) is 3.42. The van der Waals surface area contributed by atoms with Gasteiger partial charge < -0.3 is 11.1 Å². The maximum atomic E-state index is 12.3. The van der Waals surface area contributed by atoms with E-state index in [0.717, 1.165) is 11.1 Å². The first-order valence-corrected chi connectivity index (χ1v) is 6.78. The molecule has 0 aliphatic heterocycles. The summed E-state index contributed by atoms with van der Waals surface area (Å²) in [5.74, 6) is -0.186. The fraction of sp³-hybridized carbons (Fsp3) is 0.188. The molecule has 0 fully saturated rings. The van der Waals surface area contributed by atoms with E-state index >= 15 is 0 Å². The molecule has 104 valence electrons. The molecule has 0 saturated heterocycles. The van der Waals surface area contributed by atoms with Crippen LogP contribution in [0.3, 0.4) is 0 Å². The van der Waals surface area contributed by atoms with Gasteiger partial charge >= 0.3 is 0 Å². The van der Waals surface area contributed by atoms with Gasteiger partial charge in [0.1, 0.15) is 0 Å². The maximum Gasteiger partial charge on any atom is 0.253 e. The largest absolute Gasteiger partial charge is 0.399 e. The number of rotatable bonds is 3. The summed E-state index contributed by atoms with van der Waals surface area (Å²) in [6.45, 7) is 3.79. The smallest absolute Gasteiger partial charge is 0.253 e. The molecular weight excluding hydrogens is 272 g/mol. The zero-order chi connectivity index (χ0) is 14.7. The Hall–Kier alpha value is -2.00. The van der Waals surface area contributed by atoms with Crippen LogP contribution in [0.25, 0.3) is 0 Å². The molecule has 3 nitrogen and oxygen atoms in total. The van der Waals surface area contributed by atoms with Gasteiger partial charge in [-0.1, -0.05) is 35.9 Å². The van der Waals surface area contributed by atoms with Crippen LogP contribution in [0.4, 0.5) is 5.69 Å². The van der Waals surface area contributed by atoms with Crippen LogP contribution in [0.15, 0.2) is 42.5 Å². The summed E-state index contributed by atoms with van der Waals surface area (Å²) >= 11 is 6.16. The summed E-state index contributed by atoms with van der Waals surface area (Å²) in [4.78, 5) is 12.3. The van der Waals surface area contributed by atoms with Gasteiger partial charge in [-0.3, -0.25) is 4.79 Å². The number of hydrogen-bond donors (Lipinski definition) is 2. The van der Waals surface area contributed by atoms with E-state index in [1.807, 2.05) is 50.2 Å². The van der Waals surface area contributed by atoms with Crippen molar-refractivity contribution in [3.05, 3.63) is 64.2 Å². The molecule has 1 amide bonds. The lowest BCUT2D eigenvalue weighted by Gasteiger charge is -2.16. The van der Waals surface area contributed by atoms with Gasteiger partial charge in [-0.05, 0) is 43.2 Å². The van der Waals surface area contributed by atoms with Gasteiger partial charge in [0.15, 0.2) is 0 Å². The van der Waals surface area contributed by atoms with Gasteiger partial charge in [0, 0.05) is 5.69 Å². The Balaban J connectivity index is 2.17. The number of hydrogen-bond acceptors (Lipinski definition) is 2. The van der Waals surface area contributed by atoms with Crippen molar-refractivity contribution in [2.75, 3.05) is 5.73 Å². The molecule has 0 aliphatic rings. The van der Waals surface area contributed by atoms with Crippen molar-refractivity contribution in [3.8, 4) is 0 Å². The highest BCUT2D eigenvalue weighted by atomic mass is 35.5. The maximum absolute atomic E-state index is 12.3. The van der Waals surface area contributed by atoms with E-state index in [1.165, 1.54) is 0 Å². The van der Waals surface area contributed by atoms with Gasteiger partial charge in [-0.25, -0.2) is 0 Å². The number of halogens is 1. The molecule has 0 aromatic heterocycles. The predicted octanol–water partition coefficient (Wildman–Crippen LogP) is 3.72. The Morgan fingerprint density at radius 1 is 1.25 bits per heavy atom. The van der Waals surface area contributed by atoms with Gasteiger partial charge in [0.05, 0.1) is 16.6 Å². The molecule has 0 bridgehead atoms. The SMILES string of the molecule is Cc1cccc(C(=O)NC(C)c2cccc(N)c2)c1Cl. The first kappa shape index (κ1) is 14.4. The molecule has 20 heavy (non-hydrogen) atoms. The first-order chi connectivity index (χ1) is 9.49. The van der Waals surface area contributed by atoms with Crippen molar-refractivity contribution in [2.45, 2.75) is 19.9 Å². The van der Waals surface area contributed by atoms with Crippen LogP contribution in [0.2, 0.25) is 5.02 Å². The second kappa shape index (κ2) is 5.97. The highest BCUT2D eigenvalue weighted by molar-refractivity contribution is 6.34. The Morgan fingerprint density at radius 2 is 1.95 bits per heavy atom. The molecule has 0 heterocycles. The quantitative estimate of drug-likeness (QED) is 0.846. The van der Waals surface area contributed by atoms with Crippen molar-refractivity contribution in [2.24, 2.45) is 0 Å². The summed E-state index contributed by atoms with van der Waals surface area (Å²) in [7, 11) is 0. The fourth-order valence-electron chi connectivity index (χ4n) is 2.01. The highest BCUT2D eigenvalue weighted by Crippen LogP contribution is 2.22. The minimum atomic E-state index is -0.186. The second-order valence-electron chi connectivity index (χ2n) is 4.80. The van der Waals surface area contributed by atoms with Crippen molar-refractivity contribution >= 4 is 23.2 Å². The topological polar surface area (TPSA) is 55.1 Å². The highest BCUT2D eigenvalue weighted by Gasteiger charge is 2.15. The molecule has 0 radical (unpaired) electrons. The number of carbonyl (C=O) groups excluding carboxylic acids is 1. The second-order valence-corrected chi connectivity index (χ2v) is 5.18. The van der Waals surface area contributed by atoms with Crippen LogP contribution in [0.1, 0.15) is 34.5 Å². The van der Waals surface area contributed by atoms with Crippen molar-refractivity contribution in [1.29, 1.82) is 0 Å². The molecule has 1 unspecified atom stereocenters. The number of amides is 1. The third-order valence-electron chi connectivity index (χ3n) is 3.19. The van der Waals surface area contributed by atoms with E-state index in [4.69, 9.17) is 17.3 Å². The number of nitrogens with two attached hydrogens (primary N) is 1. The predicted molar refractivity (Wildman–Crippen MR) is 82.9 cm³/mol. The van der Waals surface area contributed by atoms with Crippen LogP contribution in [0, 0.1) is 6.92 Å². The van der Waals surface area contributed by atoms with Crippen LogP contribution in [0.5, 0.6) is 0 Å². The average Bonchev–Trinajstić information content (AvgIpc) is 2.41. The molecule has 0 aliphatic carbocycles. The van der Waals surface area contributed by atoms with Gasteiger partial charge in [0.2, 0.25) is 0 Å². The van der Waals surface area contributed by atoms with Gasteiger partial charge in [-0.2, -0.15) is 0 Å². The Bertz CT molecular complexity index is 640. The number of aryl methyl sites for hydroxylation is 1. The molecule has 3 N–H and O–H groups in total. The lowest BCUT2D eigenvalue weighted by atomic mass is 10.1. The lowest BCUT2D eigenvalue weighted by molar-refractivity contribution is 0.0940. The van der Waals surface area contributed by atoms with E-state index < -0.39 is 0 Å². The van der Waals surface area contributed by atoms with E-state index in [-0.39, 0.29) is 11.9 Å². The Kier molecular flexibility index (Phi) is 4.30. The van der Waals surface area contributed by atoms with Crippen molar-refractivity contribution in [1.82, 2.24) is 5.32 Å². The van der Waals surface area contributed by atoms with Crippen molar-refractivity contribution in [3.63, 3.8) is 0 Å². The molecule has 0 saturated carbocycles. The summed E-state index contributed by atoms with van der Waals surface area (Å²) in [5.41, 5.74) is 8.76. The molecular formula is C16H17ClN2O. The number of nitrogens with one attached hydrogen (secondary N) is 1. The van der Waals surface area contributed by atoms with Crippen molar-refractivity contribution < 1.29 is 4.79 Å². The van der Waals surface area contributed by atoms with Crippen LogP contribution < -0.4 is 11.1 Å². The Labute approximate surface area is 123 Å². The van der Waals surface area contributed by atoms with E-state index in [2.05, 4.69) is 5.32 Å². The molecule has 2 rings (SSSR count). The monoisotopic (exact) mass is 288 g/mol. The molecule has 2 aromatic carbocycles. The standard InChI is InChI=1S/C16H17ClN2O/c1-10-5-3-8-14(15(10)17)16(20)19-11(2)12-6-4-7-13(18)9-12/h3-9,11H,18H2,1-2H3,(H,19,20). The Morgan fingerprint density at radius 3 is 2.65 bits per heavy atom.